The minimum atomic E-state index is -3.32. The molecule has 1 aliphatic rings. The maximum absolute atomic E-state index is 12.3. The molecule has 1 saturated heterocycles. The SMILES string of the molecule is CC(C)CC(C)NS(=O)(=O)N1CCC(CNC(C)C)CC1. The van der Waals surface area contributed by atoms with Crippen molar-refractivity contribution in [3.8, 4) is 0 Å². The molecule has 0 bridgehead atoms. The maximum Gasteiger partial charge on any atom is 0.279 e. The van der Waals surface area contributed by atoms with Crippen molar-refractivity contribution >= 4 is 10.2 Å². The highest BCUT2D eigenvalue weighted by molar-refractivity contribution is 7.87. The van der Waals surface area contributed by atoms with Crippen LogP contribution >= 0.6 is 0 Å². The Morgan fingerprint density at radius 3 is 2.14 bits per heavy atom. The van der Waals surface area contributed by atoms with Gasteiger partial charge < -0.3 is 5.32 Å². The van der Waals surface area contributed by atoms with Crippen LogP contribution in [0.3, 0.4) is 0 Å². The molecular formula is C15H33N3O2S. The first-order chi connectivity index (χ1) is 9.70. The van der Waals surface area contributed by atoms with Crippen LogP contribution in [-0.2, 0) is 10.2 Å². The van der Waals surface area contributed by atoms with Crippen molar-refractivity contribution in [2.45, 2.75) is 66.0 Å². The van der Waals surface area contributed by atoms with E-state index in [2.05, 4.69) is 37.7 Å². The molecule has 1 heterocycles. The van der Waals surface area contributed by atoms with Gasteiger partial charge in [-0.05, 0) is 44.6 Å². The van der Waals surface area contributed by atoms with Crippen LogP contribution in [0.15, 0.2) is 0 Å². The Morgan fingerprint density at radius 1 is 1.10 bits per heavy atom. The molecule has 5 nitrogen and oxygen atoms in total. The molecular weight excluding hydrogens is 286 g/mol. The summed E-state index contributed by atoms with van der Waals surface area (Å²) in [5, 5.41) is 3.44. The summed E-state index contributed by atoms with van der Waals surface area (Å²) >= 11 is 0. The normalized spacial score (nSPS) is 20.3. The van der Waals surface area contributed by atoms with Gasteiger partial charge in [-0.15, -0.1) is 0 Å². The second kappa shape index (κ2) is 8.46. The summed E-state index contributed by atoms with van der Waals surface area (Å²) in [6, 6.07) is 0.487. The van der Waals surface area contributed by atoms with Crippen LogP contribution < -0.4 is 10.0 Å². The number of nitrogens with zero attached hydrogens (tertiary/aromatic N) is 1. The summed E-state index contributed by atoms with van der Waals surface area (Å²) in [6.45, 7) is 12.7. The summed E-state index contributed by atoms with van der Waals surface area (Å²) in [6.07, 6.45) is 2.76. The summed E-state index contributed by atoms with van der Waals surface area (Å²) < 4.78 is 29.1. The van der Waals surface area contributed by atoms with Crippen molar-refractivity contribution in [3.05, 3.63) is 0 Å². The first-order valence-electron chi connectivity index (χ1n) is 8.21. The van der Waals surface area contributed by atoms with Gasteiger partial charge >= 0.3 is 0 Å². The minimum Gasteiger partial charge on any atom is -0.314 e. The summed E-state index contributed by atoms with van der Waals surface area (Å²) in [5.74, 6) is 1.09. The van der Waals surface area contributed by atoms with Crippen LogP contribution in [0.5, 0.6) is 0 Å². The van der Waals surface area contributed by atoms with Crippen LogP contribution in [0.1, 0.15) is 53.9 Å². The van der Waals surface area contributed by atoms with Gasteiger partial charge in [0, 0.05) is 25.2 Å². The van der Waals surface area contributed by atoms with Crippen LogP contribution in [-0.4, -0.2) is 44.4 Å². The van der Waals surface area contributed by atoms with Gasteiger partial charge in [0.2, 0.25) is 0 Å². The monoisotopic (exact) mass is 319 g/mol. The van der Waals surface area contributed by atoms with E-state index in [4.69, 9.17) is 0 Å². The van der Waals surface area contributed by atoms with E-state index >= 15 is 0 Å². The molecule has 0 aliphatic carbocycles. The third-order valence-corrected chi connectivity index (χ3v) is 5.65. The van der Waals surface area contributed by atoms with Crippen LogP contribution in [0.25, 0.3) is 0 Å². The molecule has 0 amide bonds. The third-order valence-electron chi connectivity index (χ3n) is 3.90. The molecule has 21 heavy (non-hydrogen) atoms. The molecule has 1 atom stereocenters. The predicted molar refractivity (Wildman–Crippen MR) is 88.4 cm³/mol. The van der Waals surface area contributed by atoms with Gasteiger partial charge in [0.1, 0.15) is 0 Å². The molecule has 1 fully saturated rings. The van der Waals surface area contributed by atoms with Gasteiger partial charge in [-0.25, -0.2) is 0 Å². The van der Waals surface area contributed by atoms with Crippen molar-refractivity contribution in [3.63, 3.8) is 0 Å². The van der Waals surface area contributed by atoms with Gasteiger partial charge in [0.25, 0.3) is 10.2 Å². The quantitative estimate of drug-likeness (QED) is 0.719. The Hall–Kier alpha value is -0.170. The zero-order chi connectivity index (χ0) is 16.0. The Bertz CT molecular complexity index is 388. The molecule has 1 aliphatic heterocycles. The highest BCUT2D eigenvalue weighted by Gasteiger charge is 2.28. The molecule has 6 heteroatoms. The largest absolute Gasteiger partial charge is 0.314 e. The van der Waals surface area contributed by atoms with E-state index in [1.807, 2.05) is 6.92 Å². The fraction of sp³-hybridized carbons (Fsp3) is 1.00. The highest BCUT2D eigenvalue weighted by atomic mass is 32.2. The number of hydrogen-bond acceptors (Lipinski definition) is 3. The van der Waals surface area contributed by atoms with Gasteiger partial charge in [-0.2, -0.15) is 17.4 Å². The Balaban J connectivity index is 2.41. The van der Waals surface area contributed by atoms with Crippen LogP contribution in [0, 0.1) is 11.8 Å². The molecule has 126 valence electrons. The summed E-state index contributed by atoms with van der Waals surface area (Å²) in [7, 11) is -3.32. The lowest BCUT2D eigenvalue weighted by Crippen LogP contribution is -2.48. The zero-order valence-electron chi connectivity index (χ0n) is 14.2. The van der Waals surface area contributed by atoms with Crippen molar-refractivity contribution < 1.29 is 8.42 Å². The van der Waals surface area contributed by atoms with E-state index in [0.29, 0.717) is 31.0 Å². The number of piperidine rings is 1. The number of hydrogen-bond donors (Lipinski definition) is 2. The van der Waals surface area contributed by atoms with E-state index in [9.17, 15) is 8.42 Å². The average molecular weight is 320 g/mol. The average Bonchev–Trinajstić information content (AvgIpc) is 2.35. The Kier molecular flexibility index (Phi) is 7.60. The van der Waals surface area contributed by atoms with Crippen molar-refractivity contribution in [1.29, 1.82) is 0 Å². The van der Waals surface area contributed by atoms with Gasteiger partial charge in [0.15, 0.2) is 0 Å². The second-order valence-electron chi connectivity index (χ2n) is 7.06. The molecule has 0 aromatic rings. The number of nitrogens with one attached hydrogen (secondary N) is 2. The van der Waals surface area contributed by atoms with Crippen molar-refractivity contribution in [1.82, 2.24) is 14.3 Å². The fourth-order valence-electron chi connectivity index (χ4n) is 2.84. The van der Waals surface area contributed by atoms with E-state index in [0.717, 1.165) is 25.8 Å². The minimum absolute atomic E-state index is 0.00432. The standard InChI is InChI=1S/C15H33N3O2S/c1-12(2)10-14(5)17-21(19,20)18-8-6-15(7-9-18)11-16-13(3)4/h12-17H,6-11H2,1-5H3. The van der Waals surface area contributed by atoms with E-state index in [1.165, 1.54) is 0 Å². The van der Waals surface area contributed by atoms with E-state index in [1.54, 1.807) is 4.31 Å². The van der Waals surface area contributed by atoms with Crippen molar-refractivity contribution in [2.75, 3.05) is 19.6 Å². The van der Waals surface area contributed by atoms with E-state index < -0.39 is 10.2 Å². The van der Waals surface area contributed by atoms with Gasteiger partial charge in [0.05, 0.1) is 0 Å². The predicted octanol–water partition coefficient (Wildman–Crippen LogP) is 1.97. The molecule has 0 spiro atoms. The molecule has 1 unspecified atom stereocenters. The first kappa shape index (κ1) is 18.9. The molecule has 0 saturated carbocycles. The summed E-state index contributed by atoms with van der Waals surface area (Å²) in [5.41, 5.74) is 0. The van der Waals surface area contributed by atoms with E-state index in [-0.39, 0.29) is 6.04 Å². The first-order valence-corrected chi connectivity index (χ1v) is 9.65. The topological polar surface area (TPSA) is 61.4 Å². The molecule has 2 N–H and O–H groups in total. The second-order valence-corrected chi connectivity index (χ2v) is 8.76. The molecule has 0 aromatic carbocycles. The van der Waals surface area contributed by atoms with Crippen LogP contribution in [0.2, 0.25) is 0 Å². The lowest BCUT2D eigenvalue weighted by Gasteiger charge is -2.32. The molecule has 0 aromatic heterocycles. The smallest absolute Gasteiger partial charge is 0.279 e. The third kappa shape index (κ3) is 7.08. The lowest BCUT2D eigenvalue weighted by molar-refractivity contribution is 0.260. The van der Waals surface area contributed by atoms with Gasteiger partial charge in [-0.1, -0.05) is 27.7 Å². The fourth-order valence-corrected chi connectivity index (χ4v) is 4.29. The maximum atomic E-state index is 12.3. The van der Waals surface area contributed by atoms with Crippen LogP contribution in [0.4, 0.5) is 0 Å². The molecule has 1 rings (SSSR count). The van der Waals surface area contributed by atoms with Crippen molar-refractivity contribution in [2.24, 2.45) is 11.8 Å². The summed E-state index contributed by atoms with van der Waals surface area (Å²) in [4.78, 5) is 0. The number of rotatable bonds is 8. The Morgan fingerprint density at radius 2 is 1.67 bits per heavy atom. The van der Waals surface area contributed by atoms with Gasteiger partial charge in [-0.3, -0.25) is 0 Å². The Labute approximate surface area is 131 Å². The molecule has 0 radical (unpaired) electrons. The lowest BCUT2D eigenvalue weighted by atomic mass is 9.98. The zero-order valence-corrected chi connectivity index (χ0v) is 15.0. The highest BCUT2D eigenvalue weighted by Crippen LogP contribution is 2.19.